The molecule has 0 aliphatic heterocycles. The van der Waals surface area contributed by atoms with Gasteiger partial charge in [0.15, 0.2) is 5.65 Å². The van der Waals surface area contributed by atoms with Crippen LogP contribution in [0.15, 0.2) is 0 Å². The normalized spacial score (nSPS) is 13.5. The number of imidazole rings is 1. The maximum absolute atomic E-state index is 6.34. The monoisotopic (exact) mass is 311 g/mol. The van der Waals surface area contributed by atoms with Gasteiger partial charge in [0.25, 0.3) is 0 Å². The lowest BCUT2D eigenvalue weighted by molar-refractivity contribution is 0.290. The number of rotatable bonds is 7. The van der Waals surface area contributed by atoms with E-state index in [9.17, 15) is 0 Å². The van der Waals surface area contributed by atoms with E-state index in [-0.39, 0.29) is 5.38 Å². The largest absolute Gasteiger partial charge is 0.310 e. The van der Waals surface area contributed by atoms with Gasteiger partial charge in [-0.1, -0.05) is 13.8 Å². The molecule has 2 aromatic rings. The molecular weight excluding hydrogens is 286 g/mol. The number of likely N-dealkylation sites (N-methyl/N-ethyl adjacent to an activating group) is 1. The van der Waals surface area contributed by atoms with E-state index in [1.165, 1.54) is 0 Å². The minimum atomic E-state index is -0.0983. The van der Waals surface area contributed by atoms with E-state index < -0.39 is 0 Å². The van der Waals surface area contributed by atoms with E-state index in [0.29, 0.717) is 0 Å². The average molecular weight is 312 g/mol. The third-order valence-electron chi connectivity index (χ3n) is 4.02. The second-order valence-electron chi connectivity index (χ2n) is 5.34. The molecule has 0 bridgehead atoms. The van der Waals surface area contributed by atoms with Crippen LogP contribution in [0.25, 0.3) is 11.2 Å². The minimum Gasteiger partial charge on any atom is -0.310 e. The first-order valence-corrected chi connectivity index (χ1v) is 8.26. The second kappa shape index (κ2) is 6.79. The molecule has 2 aromatic heterocycles. The van der Waals surface area contributed by atoms with E-state index in [4.69, 9.17) is 16.6 Å². The van der Waals surface area contributed by atoms with Gasteiger partial charge < -0.3 is 9.47 Å². The molecule has 21 heavy (non-hydrogen) atoms. The summed E-state index contributed by atoms with van der Waals surface area (Å²) in [6.45, 7) is 15.4. The highest BCUT2D eigenvalue weighted by Gasteiger charge is 2.20. The summed E-state index contributed by atoms with van der Waals surface area (Å²) in [7, 11) is 0. The summed E-state index contributed by atoms with van der Waals surface area (Å²) in [6, 6.07) is 0. The molecule has 0 amide bonds. The second-order valence-corrected chi connectivity index (χ2v) is 5.99. The third kappa shape index (κ3) is 3.09. The molecule has 2 rings (SSSR count). The molecular formula is C15H26ClN5. The molecule has 0 aliphatic rings. The molecule has 0 aromatic carbocycles. The molecule has 0 aliphatic carbocycles. The fraction of sp³-hybridized carbons (Fsp3) is 0.733. The maximum atomic E-state index is 6.34. The zero-order chi connectivity index (χ0) is 15.6. The number of aromatic nitrogens is 4. The standard InChI is InChI=1S/C15H26ClN5/c1-6-19(7-2)9-10-20-14(11(4)16)17-13-12(5)18-21(8-3)15(13)20/h11H,6-10H2,1-5H3. The molecule has 0 fully saturated rings. The Bertz CT molecular complexity index is 595. The van der Waals surface area contributed by atoms with E-state index >= 15 is 0 Å². The Morgan fingerprint density at radius 1 is 1.24 bits per heavy atom. The van der Waals surface area contributed by atoms with E-state index in [1.807, 2.05) is 18.5 Å². The Morgan fingerprint density at radius 2 is 1.90 bits per heavy atom. The molecule has 118 valence electrons. The molecule has 0 saturated carbocycles. The number of halogens is 1. The summed E-state index contributed by atoms with van der Waals surface area (Å²) >= 11 is 6.34. The van der Waals surface area contributed by atoms with Gasteiger partial charge in [-0.2, -0.15) is 5.10 Å². The van der Waals surface area contributed by atoms with Crippen LogP contribution in [0.5, 0.6) is 0 Å². The molecule has 0 saturated heterocycles. The van der Waals surface area contributed by atoms with Crippen molar-refractivity contribution in [3.63, 3.8) is 0 Å². The molecule has 0 radical (unpaired) electrons. The third-order valence-corrected chi connectivity index (χ3v) is 4.21. The lowest BCUT2D eigenvalue weighted by Gasteiger charge is -2.20. The van der Waals surface area contributed by atoms with Gasteiger partial charge in [0, 0.05) is 19.6 Å². The number of hydrogen-bond donors (Lipinski definition) is 0. The maximum Gasteiger partial charge on any atom is 0.159 e. The van der Waals surface area contributed by atoms with Gasteiger partial charge in [-0.15, -0.1) is 11.6 Å². The fourth-order valence-electron chi connectivity index (χ4n) is 2.77. The van der Waals surface area contributed by atoms with Gasteiger partial charge in [0.1, 0.15) is 11.3 Å². The van der Waals surface area contributed by atoms with E-state index in [2.05, 4.69) is 35.3 Å². The topological polar surface area (TPSA) is 38.9 Å². The van der Waals surface area contributed by atoms with Crippen molar-refractivity contribution in [3.05, 3.63) is 11.5 Å². The van der Waals surface area contributed by atoms with Crippen molar-refractivity contribution >= 4 is 22.8 Å². The molecule has 6 heteroatoms. The summed E-state index contributed by atoms with van der Waals surface area (Å²) in [4.78, 5) is 7.15. The summed E-state index contributed by atoms with van der Waals surface area (Å²) in [5, 5.41) is 4.48. The van der Waals surface area contributed by atoms with Crippen LogP contribution in [0.2, 0.25) is 0 Å². The van der Waals surface area contributed by atoms with Crippen molar-refractivity contribution in [2.24, 2.45) is 0 Å². The van der Waals surface area contributed by atoms with E-state index in [0.717, 1.165) is 55.4 Å². The lowest BCUT2D eigenvalue weighted by atomic mass is 10.4. The average Bonchev–Trinajstić information content (AvgIpc) is 2.98. The molecule has 1 unspecified atom stereocenters. The highest BCUT2D eigenvalue weighted by molar-refractivity contribution is 6.20. The fourth-order valence-corrected chi connectivity index (χ4v) is 2.93. The lowest BCUT2D eigenvalue weighted by Crippen LogP contribution is -2.27. The number of hydrogen-bond acceptors (Lipinski definition) is 3. The zero-order valence-electron chi connectivity index (χ0n) is 13.7. The first-order valence-electron chi connectivity index (χ1n) is 7.83. The van der Waals surface area contributed by atoms with Gasteiger partial charge in [0.05, 0.1) is 11.1 Å². The van der Waals surface area contributed by atoms with Crippen LogP contribution in [0.3, 0.4) is 0 Å². The number of fused-ring (bicyclic) bond motifs is 1. The van der Waals surface area contributed by atoms with Crippen molar-refractivity contribution in [1.82, 2.24) is 24.2 Å². The highest BCUT2D eigenvalue weighted by Crippen LogP contribution is 2.26. The van der Waals surface area contributed by atoms with Gasteiger partial charge in [-0.05, 0) is 33.9 Å². The number of alkyl halides is 1. The Kier molecular flexibility index (Phi) is 5.27. The first-order chi connectivity index (χ1) is 10.0. The van der Waals surface area contributed by atoms with Crippen molar-refractivity contribution in [2.75, 3.05) is 19.6 Å². The Morgan fingerprint density at radius 3 is 2.43 bits per heavy atom. The minimum absolute atomic E-state index is 0.0983. The van der Waals surface area contributed by atoms with Gasteiger partial charge in [-0.25, -0.2) is 9.67 Å². The predicted molar refractivity (Wildman–Crippen MR) is 88.0 cm³/mol. The van der Waals surface area contributed by atoms with Gasteiger partial charge >= 0.3 is 0 Å². The number of aryl methyl sites for hydroxylation is 2. The number of nitrogens with zero attached hydrogens (tertiary/aromatic N) is 5. The molecule has 0 spiro atoms. The summed E-state index contributed by atoms with van der Waals surface area (Å²) < 4.78 is 4.28. The predicted octanol–water partition coefficient (Wildman–Crippen LogP) is 3.20. The van der Waals surface area contributed by atoms with Crippen molar-refractivity contribution in [2.45, 2.75) is 53.1 Å². The van der Waals surface area contributed by atoms with Gasteiger partial charge in [0.2, 0.25) is 0 Å². The summed E-state index contributed by atoms with van der Waals surface area (Å²) in [5.41, 5.74) is 3.07. The van der Waals surface area contributed by atoms with Crippen molar-refractivity contribution in [1.29, 1.82) is 0 Å². The zero-order valence-corrected chi connectivity index (χ0v) is 14.5. The smallest absolute Gasteiger partial charge is 0.159 e. The van der Waals surface area contributed by atoms with Crippen LogP contribution < -0.4 is 0 Å². The van der Waals surface area contributed by atoms with Crippen LogP contribution in [-0.2, 0) is 13.1 Å². The SMILES string of the molecule is CCN(CC)CCn1c(C(C)Cl)nc2c(C)nn(CC)c21. The van der Waals surface area contributed by atoms with Crippen LogP contribution >= 0.6 is 11.6 Å². The van der Waals surface area contributed by atoms with Crippen molar-refractivity contribution < 1.29 is 0 Å². The summed E-state index contributed by atoms with van der Waals surface area (Å²) in [6.07, 6.45) is 0. The van der Waals surface area contributed by atoms with Crippen LogP contribution in [0.4, 0.5) is 0 Å². The van der Waals surface area contributed by atoms with Crippen LogP contribution in [0.1, 0.15) is 44.6 Å². The summed E-state index contributed by atoms with van der Waals surface area (Å²) in [5.74, 6) is 0.946. The highest BCUT2D eigenvalue weighted by atomic mass is 35.5. The Balaban J connectivity index is 2.44. The Hall–Kier alpha value is -1.07. The Labute approximate surface area is 131 Å². The first kappa shape index (κ1) is 16.3. The van der Waals surface area contributed by atoms with Crippen LogP contribution in [-0.4, -0.2) is 43.9 Å². The molecule has 2 heterocycles. The van der Waals surface area contributed by atoms with Crippen LogP contribution in [0, 0.1) is 6.92 Å². The van der Waals surface area contributed by atoms with Gasteiger partial charge in [-0.3, -0.25) is 0 Å². The quantitative estimate of drug-likeness (QED) is 0.737. The van der Waals surface area contributed by atoms with E-state index in [1.54, 1.807) is 0 Å². The molecule has 0 N–H and O–H groups in total. The van der Waals surface area contributed by atoms with Crippen molar-refractivity contribution in [3.8, 4) is 0 Å². The molecule has 5 nitrogen and oxygen atoms in total. The molecule has 1 atom stereocenters.